The molecule has 2 fully saturated rings. The van der Waals surface area contributed by atoms with Gasteiger partial charge in [0, 0.05) is 52.0 Å². The molecular weight excluding hydrogens is 378 g/mol. The summed E-state index contributed by atoms with van der Waals surface area (Å²) < 4.78 is 4.23. The number of carbonyl (C=O) groups is 2. The number of imidazole rings is 2. The molecule has 4 rings (SSSR count). The molecule has 1 amide bonds. The van der Waals surface area contributed by atoms with E-state index in [0.29, 0.717) is 11.8 Å². The summed E-state index contributed by atoms with van der Waals surface area (Å²) in [5.74, 6) is 3.65. The lowest BCUT2D eigenvalue weighted by Gasteiger charge is -2.07. The molecule has 7 heteroatoms. The number of likely N-dealkylation sites (N-methyl/N-ethyl adjacent to an activating group) is 1. The topological polar surface area (TPSA) is 73.0 Å². The van der Waals surface area contributed by atoms with Crippen LogP contribution in [-0.2, 0) is 17.9 Å². The van der Waals surface area contributed by atoms with E-state index in [2.05, 4.69) is 28.4 Å². The molecule has 2 aromatic heterocycles. The van der Waals surface area contributed by atoms with Gasteiger partial charge in [-0.3, -0.25) is 9.59 Å². The number of ketones is 1. The number of nitrogens with zero attached hydrogens (tertiary/aromatic N) is 5. The molecule has 0 bridgehead atoms. The number of carbonyl (C=O) groups excluding carboxylic acids is 2. The van der Waals surface area contributed by atoms with Crippen LogP contribution in [0.15, 0.2) is 18.5 Å². The number of rotatable bonds is 7. The minimum absolute atomic E-state index is 0.00169. The van der Waals surface area contributed by atoms with Crippen LogP contribution in [0.5, 0.6) is 0 Å². The Morgan fingerprint density at radius 3 is 2.00 bits per heavy atom. The Hall–Kier alpha value is -2.70. The maximum atomic E-state index is 11.5. The summed E-state index contributed by atoms with van der Waals surface area (Å²) in [6, 6.07) is 0. The van der Waals surface area contributed by atoms with E-state index in [-0.39, 0.29) is 11.7 Å². The fourth-order valence-electron chi connectivity index (χ4n) is 3.53. The van der Waals surface area contributed by atoms with Gasteiger partial charge >= 0.3 is 0 Å². The molecule has 0 spiro atoms. The van der Waals surface area contributed by atoms with E-state index in [4.69, 9.17) is 0 Å². The minimum atomic E-state index is 0.00169. The van der Waals surface area contributed by atoms with Gasteiger partial charge in [0.05, 0.1) is 18.1 Å². The van der Waals surface area contributed by atoms with Crippen LogP contribution in [0.25, 0.3) is 6.08 Å². The minimum Gasteiger partial charge on any atom is -0.345 e. The highest BCUT2D eigenvalue weighted by atomic mass is 16.2. The predicted molar refractivity (Wildman–Crippen MR) is 117 cm³/mol. The third-order valence-electron chi connectivity index (χ3n) is 5.52. The van der Waals surface area contributed by atoms with Crippen LogP contribution in [-0.4, -0.2) is 49.8 Å². The summed E-state index contributed by atoms with van der Waals surface area (Å²) >= 11 is 0. The SMILES string of the molecule is CCn1c(/C=C/C(=O)N(C)C)cnc1C1CC1.CCn1c(C(C)=O)cnc1C1CC1. The van der Waals surface area contributed by atoms with Gasteiger partial charge in [0.1, 0.15) is 17.3 Å². The average molecular weight is 412 g/mol. The molecule has 0 aliphatic heterocycles. The van der Waals surface area contributed by atoms with Gasteiger partial charge < -0.3 is 14.0 Å². The third-order valence-corrected chi connectivity index (χ3v) is 5.52. The first-order valence-corrected chi connectivity index (χ1v) is 10.9. The average Bonchev–Trinajstić information content (AvgIpc) is 3.66. The van der Waals surface area contributed by atoms with Crippen molar-refractivity contribution in [2.24, 2.45) is 0 Å². The molecule has 2 aromatic rings. The number of aromatic nitrogens is 4. The molecule has 0 N–H and O–H groups in total. The Morgan fingerprint density at radius 1 is 1.00 bits per heavy atom. The first-order valence-electron chi connectivity index (χ1n) is 10.9. The fraction of sp³-hybridized carbons (Fsp3) is 0.565. The van der Waals surface area contributed by atoms with Crippen molar-refractivity contribution in [2.45, 2.75) is 71.4 Å². The smallest absolute Gasteiger partial charge is 0.246 e. The van der Waals surface area contributed by atoms with E-state index < -0.39 is 0 Å². The van der Waals surface area contributed by atoms with Crippen molar-refractivity contribution in [3.63, 3.8) is 0 Å². The van der Waals surface area contributed by atoms with Crippen LogP contribution in [0.4, 0.5) is 0 Å². The Balaban J connectivity index is 0.000000177. The van der Waals surface area contributed by atoms with Crippen molar-refractivity contribution in [3.05, 3.63) is 41.5 Å². The van der Waals surface area contributed by atoms with E-state index >= 15 is 0 Å². The molecule has 30 heavy (non-hydrogen) atoms. The summed E-state index contributed by atoms with van der Waals surface area (Å²) in [7, 11) is 3.50. The van der Waals surface area contributed by atoms with E-state index in [9.17, 15) is 9.59 Å². The monoisotopic (exact) mass is 411 g/mol. The molecule has 2 aliphatic rings. The number of amides is 1. The maximum absolute atomic E-state index is 11.5. The van der Waals surface area contributed by atoms with Gasteiger partial charge in [-0.15, -0.1) is 0 Å². The lowest BCUT2D eigenvalue weighted by molar-refractivity contribution is -0.123. The predicted octanol–water partition coefficient (Wildman–Crippen LogP) is 3.86. The molecule has 0 radical (unpaired) electrons. The molecule has 7 nitrogen and oxygen atoms in total. The zero-order valence-electron chi connectivity index (χ0n) is 18.8. The Morgan fingerprint density at radius 2 is 1.53 bits per heavy atom. The van der Waals surface area contributed by atoms with E-state index in [1.54, 1.807) is 38.2 Å². The first-order chi connectivity index (χ1) is 14.4. The Kier molecular flexibility index (Phi) is 6.90. The normalized spacial score (nSPS) is 15.8. The molecular formula is C23H33N5O2. The van der Waals surface area contributed by atoms with Crippen molar-refractivity contribution in [3.8, 4) is 0 Å². The van der Waals surface area contributed by atoms with Crippen molar-refractivity contribution in [1.82, 2.24) is 24.0 Å². The van der Waals surface area contributed by atoms with Crippen molar-refractivity contribution in [1.29, 1.82) is 0 Å². The van der Waals surface area contributed by atoms with Gasteiger partial charge in [-0.05, 0) is 45.6 Å². The second kappa shape index (κ2) is 9.41. The van der Waals surface area contributed by atoms with E-state index in [0.717, 1.165) is 30.3 Å². The van der Waals surface area contributed by atoms with Crippen LogP contribution < -0.4 is 0 Å². The molecule has 0 aromatic carbocycles. The van der Waals surface area contributed by atoms with Gasteiger partial charge in [-0.25, -0.2) is 9.97 Å². The maximum Gasteiger partial charge on any atom is 0.246 e. The van der Waals surface area contributed by atoms with Gasteiger partial charge in [0.2, 0.25) is 5.91 Å². The zero-order chi connectivity index (χ0) is 21.8. The zero-order valence-corrected chi connectivity index (χ0v) is 18.8. The molecule has 2 heterocycles. The fourth-order valence-corrected chi connectivity index (χ4v) is 3.53. The van der Waals surface area contributed by atoms with Crippen LogP contribution in [0.1, 0.15) is 86.1 Å². The highest BCUT2D eigenvalue weighted by molar-refractivity contribution is 5.92. The summed E-state index contributed by atoms with van der Waals surface area (Å²) in [4.78, 5) is 33.0. The highest BCUT2D eigenvalue weighted by Crippen LogP contribution is 2.40. The number of hydrogen-bond acceptors (Lipinski definition) is 4. The lowest BCUT2D eigenvalue weighted by atomic mass is 10.3. The summed E-state index contributed by atoms with van der Waals surface area (Å²) in [5.41, 5.74) is 1.77. The second-order valence-corrected chi connectivity index (χ2v) is 8.20. The Labute approximate surface area is 178 Å². The third kappa shape index (κ3) is 5.07. The van der Waals surface area contributed by atoms with Gasteiger partial charge in [-0.2, -0.15) is 0 Å². The molecule has 0 saturated heterocycles. The lowest BCUT2D eigenvalue weighted by Crippen LogP contribution is -2.18. The molecule has 2 aliphatic carbocycles. The summed E-state index contributed by atoms with van der Waals surface area (Å²) in [6.07, 6.45) is 12.0. The largest absolute Gasteiger partial charge is 0.345 e. The quantitative estimate of drug-likeness (QED) is 0.512. The van der Waals surface area contributed by atoms with Crippen molar-refractivity contribution in [2.75, 3.05) is 14.1 Å². The van der Waals surface area contributed by atoms with E-state index in [1.807, 2.05) is 16.8 Å². The summed E-state index contributed by atoms with van der Waals surface area (Å²) in [5, 5.41) is 0. The van der Waals surface area contributed by atoms with Gasteiger partial charge in [-0.1, -0.05) is 0 Å². The highest BCUT2D eigenvalue weighted by Gasteiger charge is 2.29. The molecule has 0 unspecified atom stereocenters. The van der Waals surface area contributed by atoms with Crippen molar-refractivity contribution >= 4 is 17.8 Å². The molecule has 0 atom stereocenters. The van der Waals surface area contributed by atoms with Crippen LogP contribution >= 0.6 is 0 Å². The summed E-state index contributed by atoms with van der Waals surface area (Å²) in [6.45, 7) is 7.51. The van der Waals surface area contributed by atoms with Crippen LogP contribution in [0, 0.1) is 0 Å². The van der Waals surface area contributed by atoms with E-state index in [1.165, 1.54) is 31.5 Å². The number of hydrogen-bond donors (Lipinski definition) is 0. The second-order valence-electron chi connectivity index (χ2n) is 8.20. The van der Waals surface area contributed by atoms with Crippen LogP contribution in [0.3, 0.4) is 0 Å². The Bertz CT molecular complexity index is 930. The van der Waals surface area contributed by atoms with Gasteiger partial charge in [0.15, 0.2) is 5.78 Å². The number of Topliss-reactive ketones (excluding diaryl/α,β-unsaturated/α-hetero) is 1. The molecule has 2 saturated carbocycles. The standard InChI is InChI=1S/C13H19N3O.C10H14N2O/c1-4-16-11(7-8-12(17)15(2)3)9-14-13(16)10-5-6-10;1-3-12-9(7(2)13)6-11-10(12)8-4-5-8/h7-10H,4-6H2,1-3H3;6,8H,3-5H2,1-2H3/b8-7+;. The van der Waals surface area contributed by atoms with Gasteiger partial charge in [0.25, 0.3) is 0 Å². The van der Waals surface area contributed by atoms with Crippen LogP contribution in [0.2, 0.25) is 0 Å². The van der Waals surface area contributed by atoms with Crippen molar-refractivity contribution < 1.29 is 9.59 Å². The first kappa shape index (κ1) is 22.0. The molecule has 162 valence electrons.